The minimum atomic E-state index is -4.75. The number of carbonyl (C=O) groups is 3. The predicted molar refractivity (Wildman–Crippen MR) is 130 cm³/mol. The number of nitrogens with one attached hydrogen (secondary N) is 1. The molecule has 39 heavy (non-hydrogen) atoms. The van der Waals surface area contributed by atoms with E-state index in [1.807, 2.05) is 0 Å². The highest BCUT2D eigenvalue weighted by Crippen LogP contribution is 2.36. The molecular formula is C22H24N6O10S. The van der Waals surface area contributed by atoms with E-state index in [1.54, 1.807) is 4.72 Å². The monoisotopic (exact) mass is 564 g/mol. The summed E-state index contributed by atoms with van der Waals surface area (Å²) in [6.45, 7) is 2.96. The van der Waals surface area contributed by atoms with Crippen LogP contribution in [0.1, 0.15) is 36.0 Å². The number of hydrogen-bond donors (Lipinski definition) is 3. The maximum atomic E-state index is 12.6. The number of imidazole rings is 1. The lowest BCUT2D eigenvalue weighted by molar-refractivity contribution is -0.165. The molecule has 1 aliphatic heterocycles. The van der Waals surface area contributed by atoms with Gasteiger partial charge < -0.3 is 25.1 Å². The van der Waals surface area contributed by atoms with Crippen LogP contribution in [0.15, 0.2) is 30.9 Å². The van der Waals surface area contributed by atoms with Gasteiger partial charge in [-0.15, -0.1) is 0 Å². The first-order valence-electron chi connectivity index (χ1n) is 11.3. The van der Waals surface area contributed by atoms with Gasteiger partial charge in [0.1, 0.15) is 23.7 Å². The van der Waals surface area contributed by atoms with Crippen molar-refractivity contribution in [3.8, 4) is 5.75 Å². The average Bonchev–Trinajstić information content (AvgIpc) is 3.39. The predicted octanol–water partition coefficient (Wildman–Crippen LogP) is -0.125. The number of carbonyl (C=O) groups excluding carboxylic acids is 3. The highest BCUT2D eigenvalue weighted by atomic mass is 32.2. The number of hydrogen-bond acceptors (Lipinski definition) is 14. The molecule has 1 aliphatic rings. The summed E-state index contributed by atoms with van der Waals surface area (Å²) in [6, 6.07) is 4.21. The summed E-state index contributed by atoms with van der Waals surface area (Å²) in [4.78, 5) is 48.4. The van der Waals surface area contributed by atoms with Crippen molar-refractivity contribution in [2.45, 2.75) is 45.3 Å². The number of rotatable bonds is 8. The minimum absolute atomic E-state index is 0.0683. The maximum Gasteiger partial charge on any atom is 0.362 e. The van der Waals surface area contributed by atoms with Crippen LogP contribution in [0.25, 0.3) is 11.2 Å². The van der Waals surface area contributed by atoms with E-state index in [9.17, 15) is 27.9 Å². The number of benzene rings is 1. The molecule has 1 amide bonds. The zero-order valence-electron chi connectivity index (χ0n) is 20.8. The van der Waals surface area contributed by atoms with Crippen molar-refractivity contribution >= 4 is 45.1 Å². The number of aromatic nitrogens is 4. The number of nitrogens with zero attached hydrogens (tertiary/aromatic N) is 4. The Bertz CT molecular complexity index is 1520. The van der Waals surface area contributed by atoms with Crippen molar-refractivity contribution < 1.29 is 46.3 Å². The molecule has 2 aromatic heterocycles. The second-order valence-electron chi connectivity index (χ2n) is 8.44. The third-order valence-corrected chi connectivity index (χ3v) is 6.52. The van der Waals surface area contributed by atoms with E-state index in [-0.39, 0.29) is 22.5 Å². The Hall–Kier alpha value is -4.35. The smallest absolute Gasteiger partial charge is 0.362 e. The molecule has 16 nitrogen and oxygen atoms in total. The zero-order valence-corrected chi connectivity index (χ0v) is 21.6. The second kappa shape index (κ2) is 10.8. The highest BCUT2D eigenvalue weighted by Gasteiger charge is 2.51. The molecule has 0 spiro atoms. The van der Waals surface area contributed by atoms with Gasteiger partial charge in [0.25, 0.3) is 5.91 Å². The van der Waals surface area contributed by atoms with Gasteiger partial charge in [0.05, 0.1) is 18.5 Å². The van der Waals surface area contributed by atoms with Crippen LogP contribution in [0.5, 0.6) is 5.75 Å². The summed E-state index contributed by atoms with van der Waals surface area (Å²) >= 11 is 0. The number of ether oxygens (including phenoxy) is 3. The van der Waals surface area contributed by atoms with E-state index in [0.29, 0.717) is 5.56 Å². The van der Waals surface area contributed by atoms with E-state index in [1.165, 1.54) is 42.3 Å². The van der Waals surface area contributed by atoms with Crippen molar-refractivity contribution in [2.75, 3.05) is 12.3 Å². The zero-order chi connectivity index (χ0) is 28.5. The van der Waals surface area contributed by atoms with E-state index in [4.69, 9.17) is 24.1 Å². The number of phenolic OH excluding ortho intramolecular Hbond substituents is 1. The van der Waals surface area contributed by atoms with Crippen molar-refractivity contribution in [3.05, 3.63) is 42.0 Å². The normalized spacial score (nSPS) is 21.0. The molecule has 4 N–H and O–H groups in total. The molecular weight excluding hydrogens is 540 g/mol. The Balaban J connectivity index is 1.59. The number of nitrogen functional groups attached to an aromatic ring is 1. The van der Waals surface area contributed by atoms with E-state index in [2.05, 4.69) is 15.0 Å². The maximum absolute atomic E-state index is 12.6. The summed E-state index contributed by atoms with van der Waals surface area (Å²) in [7, 11) is -4.75. The highest BCUT2D eigenvalue weighted by molar-refractivity contribution is 7.85. The first-order valence-corrected chi connectivity index (χ1v) is 12.7. The molecule has 0 radical (unpaired) electrons. The van der Waals surface area contributed by atoms with Crippen LogP contribution in [0.2, 0.25) is 0 Å². The summed E-state index contributed by atoms with van der Waals surface area (Å²) < 4.78 is 49.8. The lowest BCUT2D eigenvalue weighted by Crippen LogP contribution is -2.41. The quantitative estimate of drug-likeness (QED) is 0.303. The van der Waals surface area contributed by atoms with Gasteiger partial charge in [-0.3, -0.25) is 23.1 Å². The van der Waals surface area contributed by atoms with Crippen molar-refractivity contribution in [1.82, 2.24) is 24.2 Å². The molecule has 1 aromatic carbocycles. The molecule has 3 heterocycles. The van der Waals surface area contributed by atoms with Crippen LogP contribution >= 0.6 is 0 Å². The minimum Gasteiger partial charge on any atom is -0.507 e. The van der Waals surface area contributed by atoms with Crippen LogP contribution in [-0.4, -0.2) is 75.8 Å². The summed E-state index contributed by atoms with van der Waals surface area (Å²) in [5.74, 6) is -3.02. The van der Waals surface area contributed by atoms with Gasteiger partial charge in [-0.05, 0) is 18.6 Å². The van der Waals surface area contributed by atoms with Crippen LogP contribution in [0.3, 0.4) is 0 Å². The van der Waals surface area contributed by atoms with Crippen molar-refractivity contribution in [1.29, 1.82) is 0 Å². The van der Waals surface area contributed by atoms with Gasteiger partial charge in [-0.1, -0.05) is 12.1 Å². The van der Waals surface area contributed by atoms with Crippen LogP contribution < -0.4 is 10.5 Å². The number of fused-ring (bicyclic) bond motifs is 1. The Labute approximate surface area is 221 Å². The number of esters is 2. The first kappa shape index (κ1) is 27.7. The number of aryl methyl sites for hydroxylation is 1. The van der Waals surface area contributed by atoms with Crippen LogP contribution in [-0.2, 0) is 38.3 Å². The fourth-order valence-electron chi connectivity index (χ4n) is 4.07. The van der Waals surface area contributed by atoms with Crippen LogP contribution in [0.4, 0.5) is 5.82 Å². The molecule has 0 aliphatic carbocycles. The molecule has 1 saturated heterocycles. The van der Waals surface area contributed by atoms with Crippen LogP contribution in [0, 0.1) is 6.92 Å². The lowest BCUT2D eigenvalue weighted by atomic mass is 10.1. The van der Waals surface area contributed by atoms with Crippen molar-refractivity contribution in [3.63, 3.8) is 0 Å². The third kappa shape index (κ3) is 5.89. The number of amides is 1. The summed E-state index contributed by atoms with van der Waals surface area (Å²) in [6.07, 6.45) is -2.66. The van der Waals surface area contributed by atoms with Gasteiger partial charge in [0, 0.05) is 13.8 Å². The van der Waals surface area contributed by atoms with Gasteiger partial charge in [-0.2, -0.15) is 8.42 Å². The van der Waals surface area contributed by atoms with Crippen molar-refractivity contribution in [2.24, 2.45) is 0 Å². The molecule has 4 atom stereocenters. The molecule has 4 rings (SSSR count). The second-order valence-corrected chi connectivity index (χ2v) is 9.78. The largest absolute Gasteiger partial charge is 0.507 e. The third-order valence-electron chi connectivity index (χ3n) is 5.63. The molecule has 17 heteroatoms. The molecule has 208 valence electrons. The Kier molecular flexibility index (Phi) is 7.66. The Morgan fingerprint density at radius 3 is 2.49 bits per heavy atom. The Morgan fingerprint density at radius 1 is 1.13 bits per heavy atom. The lowest BCUT2D eigenvalue weighted by Gasteiger charge is -2.23. The summed E-state index contributed by atoms with van der Waals surface area (Å²) in [5.41, 5.74) is 6.32. The van der Waals surface area contributed by atoms with Gasteiger partial charge in [0.15, 0.2) is 29.9 Å². The molecule has 3 aromatic rings. The fourth-order valence-corrected chi connectivity index (χ4v) is 4.77. The SMILES string of the molecule is CC(=O)O[C@@H]1[C@H](OC(C)=O)[C@@H](COS(=O)(=O)NC(=O)c2c(C)cccc2O)O[C@H]1n1cnc2c(N)ncnc21. The number of nitrogens with two attached hydrogens (primary N) is 1. The first-order chi connectivity index (χ1) is 18.4. The van der Waals surface area contributed by atoms with E-state index < -0.39 is 65.0 Å². The topological polar surface area (TPSA) is 224 Å². The molecule has 1 fully saturated rings. The number of anilines is 1. The van der Waals surface area contributed by atoms with Gasteiger partial charge in [-0.25, -0.2) is 19.7 Å². The standard InChI is InChI=1S/C22H24N6O10S/c1-10-5-4-6-13(31)15(10)21(32)27-39(33,34)35-7-14-17(36-11(2)29)18(37-12(3)30)22(38-14)28-9-26-16-19(23)24-8-25-20(16)28/h4-6,8-9,14,17-18,22,31H,7H2,1-3H3,(H,27,32)(H2,23,24,25)/t14-,17-,18-,22-/m1/s1. The average molecular weight is 565 g/mol. The van der Waals surface area contributed by atoms with Gasteiger partial charge >= 0.3 is 22.2 Å². The Morgan fingerprint density at radius 2 is 1.82 bits per heavy atom. The molecule has 0 unspecified atom stereocenters. The molecule has 0 bridgehead atoms. The van der Waals surface area contributed by atoms with E-state index in [0.717, 1.165) is 13.8 Å². The van der Waals surface area contributed by atoms with E-state index >= 15 is 0 Å². The fraction of sp³-hybridized carbons (Fsp3) is 0.364. The number of phenols is 1. The van der Waals surface area contributed by atoms with Gasteiger partial charge in [0.2, 0.25) is 0 Å². The molecule has 0 saturated carbocycles. The summed E-state index contributed by atoms with van der Waals surface area (Å²) in [5, 5.41) is 9.96. The number of aromatic hydroxyl groups is 1.